The first-order valence-electron chi connectivity index (χ1n) is 9.26. The van der Waals surface area contributed by atoms with E-state index in [-0.39, 0.29) is 16.9 Å². The Balaban J connectivity index is 1.86. The number of carbonyl (C=O) groups excluding carboxylic acids is 1. The minimum absolute atomic E-state index is 0.156. The molecular weight excluding hydrogens is 380 g/mol. The van der Waals surface area contributed by atoms with Crippen molar-refractivity contribution < 1.29 is 4.79 Å². The third-order valence-electron chi connectivity index (χ3n) is 5.28. The van der Waals surface area contributed by atoms with Gasteiger partial charge in [0.15, 0.2) is 0 Å². The summed E-state index contributed by atoms with van der Waals surface area (Å²) in [6.07, 6.45) is 3.68. The maximum atomic E-state index is 13.1. The molecule has 3 aromatic rings. The second kappa shape index (κ2) is 6.98. The molecule has 146 valence electrons. The van der Waals surface area contributed by atoms with Crippen molar-refractivity contribution in [2.75, 3.05) is 13.1 Å². The van der Waals surface area contributed by atoms with Crippen LogP contribution in [0.3, 0.4) is 0 Å². The lowest BCUT2D eigenvalue weighted by Gasteiger charge is -2.30. The Bertz CT molecular complexity index is 1170. The van der Waals surface area contributed by atoms with E-state index in [2.05, 4.69) is 11.9 Å². The zero-order valence-electron chi connectivity index (χ0n) is 15.7. The Morgan fingerprint density at radius 1 is 1.21 bits per heavy atom. The summed E-state index contributed by atoms with van der Waals surface area (Å²) in [7, 11) is 1.70. The van der Waals surface area contributed by atoms with E-state index in [1.54, 1.807) is 47.0 Å². The molecule has 0 unspecified atom stereocenters. The molecular formula is C20H21ClN4O3. The topological polar surface area (TPSA) is 80.1 Å². The number of nitrogens with zero attached hydrogens (tertiary/aromatic N) is 3. The normalized spacial score (nSPS) is 17.2. The van der Waals surface area contributed by atoms with Crippen LogP contribution >= 0.6 is 11.6 Å². The van der Waals surface area contributed by atoms with Crippen LogP contribution in [0.25, 0.3) is 16.7 Å². The van der Waals surface area contributed by atoms with Crippen LogP contribution < -0.4 is 11.2 Å². The van der Waals surface area contributed by atoms with E-state index >= 15 is 0 Å². The largest absolute Gasteiger partial charge is 0.344 e. The standard InChI is InChI=1S/C20H21ClN4O3/c1-12-4-3-9-24(10-12)18(26)15-11-23(2)17-16(15)22-20(28)25(19(17)27)14-7-5-13(21)6-8-14/h5-8,11-12H,3-4,9-10H2,1-2H3,(H,22,28)/t12-/m1/s1. The highest BCUT2D eigenvalue weighted by atomic mass is 35.5. The van der Waals surface area contributed by atoms with E-state index in [9.17, 15) is 14.4 Å². The van der Waals surface area contributed by atoms with Crippen molar-refractivity contribution in [3.05, 3.63) is 61.9 Å². The van der Waals surface area contributed by atoms with Gasteiger partial charge in [0.05, 0.1) is 16.8 Å². The van der Waals surface area contributed by atoms with Gasteiger partial charge in [-0.05, 0) is 43.0 Å². The summed E-state index contributed by atoms with van der Waals surface area (Å²) in [5.41, 5.74) is 0.260. The van der Waals surface area contributed by atoms with E-state index in [1.807, 2.05) is 0 Å². The highest BCUT2D eigenvalue weighted by molar-refractivity contribution is 6.30. The Morgan fingerprint density at radius 2 is 1.93 bits per heavy atom. The number of fused-ring (bicyclic) bond motifs is 1. The predicted molar refractivity (Wildman–Crippen MR) is 108 cm³/mol. The Morgan fingerprint density at radius 3 is 2.61 bits per heavy atom. The maximum Gasteiger partial charge on any atom is 0.333 e. The first-order chi connectivity index (χ1) is 13.4. The fourth-order valence-electron chi connectivity index (χ4n) is 3.90. The number of nitrogens with one attached hydrogen (secondary N) is 1. The summed E-state index contributed by atoms with van der Waals surface area (Å²) in [6, 6.07) is 6.44. The molecule has 1 aliphatic heterocycles. The smallest absolute Gasteiger partial charge is 0.333 e. The number of amides is 1. The molecule has 1 aromatic carbocycles. The van der Waals surface area contributed by atoms with Crippen molar-refractivity contribution >= 4 is 28.5 Å². The molecule has 1 fully saturated rings. The highest BCUT2D eigenvalue weighted by Crippen LogP contribution is 2.22. The van der Waals surface area contributed by atoms with Crippen LogP contribution in [0.4, 0.5) is 0 Å². The quantitative estimate of drug-likeness (QED) is 0.717. The monoisotopic (exact) mass is 400 g/mol. The van der Waals surface area contributed by atoms with Gasteiger partial charge >= 0.3 is 5.69 Å². The number of aryl methyl sites for hydroxylation is 1. The van der Waals surface area contributed by atoms with Crippen molar-refractivity contribution in [2.45, 2.75) is 19.8 Å². The molecule has 1 aliphatic rings. The van der Waals surface area contributed by atoms with E-state index in [0.717, 1.165) is 17.4 Å². The number of piperidine rings is 1. The van der Waals surface area contributed by atoms with Crippen LogP contribution in [-0.2, 0) is 7.05 Å². The highest BCUT2D eigenvalue weighted by Gasteiger charge is 2.26. The van der Waals surface area contributed by atoms with Crippen LogP contribution in [0.2, 0.25) is 5.02 Å². The summed E-state index contributed by atoms with van der Waals surface area (Å²) in [4.78, 5) is 43.4. The van der Waals surface area contributed by atoms with Crippen molar-refractivity contribution in [1.82, 2.24) is 19.0 Å². The second-order valence-corrected chi connectivity index (χ2v) is 7.86. The fraction of sp³-hybridized carbons (Fsp3) is 0.350. The van der Waals surface area contributed by atoms with Crippen molar-refractivity contribution in [2.24, 2.45) is 13.0 Å². The number of aromatic amines is 1. The number of carbonyl (C=O) groups is 1. The van der Waals surface area contributed by atoms with E-state index in [0.29, 0.717) is 35.3 Å². The molecule has 0 saturated carbocycles. The number of rotatable bonds is 2. The van der Waals surface area contributed by atoms with Gasteiger partial charge < -0.3 is 14.5 Å². The molecule has 1 atom stereocenters. The SMILES string of the molecule is C[C@@H]1CCCN(C(=O)c2cn(C)c3c(=O)n(-c4ccc(Cl)cc4)c(=O)[nH]c23)C1. The molecule has 1 amide bonds. The number of halogens is 1. The Labute approximate surface area is 166 Å². The summed E-state index contributed by atoms with van der Waals surface area (Å²) in [5.74, 6) is 0.283. The minimum Gasteiger partial charge on any atom is -0.344 e. The van der Waals surface area contributed by atoms with Crippen LogP contribution in [0, 0.1) is 5.92 Å². The van der Waals surface area contributed by atoms with E-state index in [1.165, 1.54) is 0 Å². The van der Waals surface area contributed by atoms with Gasteiger partial charge in [0.2, 0.25) is 0 Å². The first kappa shape index (κ1) is 18.6. The average molecular weight is 401 g/mol. The van der Waals surface area contributed by atoms with Gasteiger partial charge in [-0.3, -0.25) is 9.59 Å². The summed E-state index contributed by atoms with van der Waals surface area (Å²) in [6.45, 7) is 3.49. The lowest BCUT2D eigenvalue weighted by atomic mass is 10.00. The summed E-state index contributed by atoms with van der Waals surface area (Å²) < 4.78 is 2.65. The zero-order chi connectivity index (χ0) is 20.0. The van der Waals surface area contributed by atoms with Crippen molar-refractivity contribution in [1.29, 1.82) is 0 Å². The molecule has 1 N–H and O–H groups in total. The second-order valence-electron chi connectivity index (χ2n) is 7.42. The number of likely N-dealkylation sites (tertiary alicyclic amines) is 1. The van der Waals surface area contributed by atoms with Crippen LogP contribution in [0.1, 0.15) is 30.1 Å². The predicted octanol–water partition coefficient (Wildman–Crippen LogP) is 2.54. The van der Waals surface area contributed by atoms with Gasteiger partial charge in [0.25, 0.3) is 11.5 Å². The third kappa shape index (κ3) is 3.05. The molecule has 7 nitrogen and oxygen atoms in total. The number of H-pyrrole nitrogens is 1. The van der Waals surface area contributed by atoms with Crippen LogP contribution in [0.15, 0.2) is 40.1 Å². The molecule has 0 spiro atoms. The third-order valence-corrected chi connectivity index (χ3v) is 5.53. The van der Waals surface area contributed by atoms with Gasteiger partial charge in [-0.15, -0.1) is 0 Å². The summed E-state index contributed by atoms with van der Waals surface area (Å²) >= 11 is 5.90. The lowest BCUT2D eigenvalue weighted by molar-refractivity contribution is 0.0684. The average Bonchev–Trinajstić information content (AvgIpc) is 2.99. The molecule has 2 aromatic heterocycles. The van der Waals surface area contributed by atoms with Gasteiger partial charge in [-0.2, -0.15) is 0 Å². The summed E-state index contributed by atoms with van der Waals surface area (Å²) in [5, 5.41) is 0.511. The number of benzene rings is 1. The number of aromatic nitrogens is 3. The molecule has 0 radical (unpaired) electrons. The van der Waals surface area contributed by atoms with E-state index in [4.69, 9.17) is 11.6 Å². The Hall–Kier alpha value is -2.80. The molecule has 8 heteroatoms. The molecule has 4 rings (SSSR count). The van der Waals surface area contributed by atoms with Crippen molar-refractivity contribution in [3.8, 4) is 5.69 Å². The molecule has 1 saturated heterocycles. The Kier molecular flexibility index (Phi) is 4.63. The van der Waals surface area contributed by atoms with Gasteiger partial charge in [-0.1, -0.05) is 18.5 Å². The first-order valence-corrected chi connectivity index (χ1v) is 9.64. The molecule has 0 bridgehead atoms. The number of hydrogen-bond donors (Lipinski definition) is 1. The maximum absolute atomic E-state index is 13.1. The minimum atomic E-state index is -0.591. The van der Waals surface area contributed by atoms with Gasteiger partial charge in [0, 0.05) is 31.4 Å². The molecule has 0 aliphatic carbocycles. The molecule has 28 heavy (non-hydrogen) atoms. The lowest BCUT2D eigenvalue weighted by Crippen LogP contribution is -2.39. The van der Waals surface area contributed by atoms with Crippen LogP contribution in [-0.4, -0.2) is 38.0 Å². The number of hydrogen-bond acceptors (Lipinski definition) is 3. The fourth-order valence-corrected chi connectivity index (χ4v) is 4.03. The van der Waals surface area contributed by atoms with Gasteiger partial charge in [0.1, 0.15) is 5.52 Å². The van der Waals surface area contributed by atoms with Gasteiger partial charge in [-0.25, -0.2) is 9.36 Å². The van der Waals surface area contributed by atoms with Crippen LogP contribution in [0.5, 0.6) is 0 Å². The molecule has 3 heterocycles. The van der Waals surface area contributed by atoms with Crippen molar-refractivity contribution in [3.63, 3.8) is 0 Å². The van der Waals surface area contributed by atoms with E-state index < -0.39 is 11.2 Å². The zero-order valence-corrected chi connectivity index (χ0v) is 16.5.